The van der Waals surface area contributed by atoms with Crippen LogP contribution in [0, 0.1) is 0 Å². The molecule has 0 N–H and O–H groups in total. The lowest BCUT2D eigenvalue weighted by atomic mass is 10.3. The van der Waals surface area contributed by atoms with Crippen molar-refractivity contribution >= 4 is 5.82 Å². The number of hydrogen-bond donors (Lipinski definition) is 0. The summed E-state index contributed by atoms with van der Waals surface area (Å²) in [7, 11) is 0. The third kappa shape index (κ3) is 2.49. The van der Waals surface area contributed by atoms with Gasteiger partial charge in [0.2, 0.25) is 5.88 Å². The Hall–Kier alpha value is -1.36. The van der Waals surface area contributed by atoms with Gasteiger partial charge in [-0.15, -0.1) is 0 Å². The molecule has 5 heteroatoms. The number of ether oxygens (including phenoxy) is 2. The normalized spacial score (nSPS) is 24.2. The maximum absolute atomic E-state index is 5.75. The Morgan fingerprint density at radius 3 is 2.94 bits per heavy atom. The molecule has 1 atom stereocenters. The average Bonchev–Trinajstić information content (AvgIpc) is 3.01. The summed E-state index contributed by atoms with van der Waals surface area (Å²) in [5.74, 6) is 1.55. The van der Waals surface area contributed by atoms with Crippen molar-refractivity contribution in [2.75, 3.05) is 31.2 Å². The molecule has 0 amide bonds. The van der Waals surface area contributed by atoms with Crippen molar-refractivity contribution in [3.05, 3.63) is 12.4 Å². The fraction of sp³-hybridized carbons (Fsp3) is 0.667. The van der Waals surface area contributed by atoms with Gasteiger partial charge >= 0.3 is 0 Å². The van der Waals surface area contributed by atoms with Crippen LogP contribution in [0.25, 0.3) is 0 Å². The molecule has 3 rings (SSSR count). The van der Waals surface area contributed by atoms with E-state index >= 15 is 0 Å². The van der Waals surface area contributed by atoms with E-state index in [0.29, 0.717) is 12.5 Å². The summed E-state index contributed by atoms with van der Waals surface area (Å²) in [6, 6.07) is 0. The average molecular weight is 235 g/mol. The van der Waals surface area contributed by atoms with Crippen molar-refractivity contribution in [1.82, 2.24) is 9.97 Å². The van der Waals surface area contributed by atoms with Crippen LogP contribution in [0.4, 0.5) is 5.82 Å². The lowest BCUT2D eigenvalue weighted by molar-refractivity contribution is 0.138. The van der Waals surface area contributed by atoms with Crippen LogP contribution < -0.4 is 9.64 Å². The van der Waals surface area contributed by atoms with Gasteiger partial charge in [-0.05, 0) is 12.8 Å². The van der Waals surface area contributed by atoms with E-state index in [9.17, 15) is 0 Å². The van der Waals surface area contributed by atoms with Crippen LogP contribution in [-0.2, 0) is 4.74 Å². The summed E-state index contributed by atoms with van der Waals surface area (Å²) in [5.41, 5.74) is 0. The van der Waals surface area contributed by atoms with Gasteiger partial charge in [-0.1, -0.05) is 0 Å². The third-order valence-electron chi connectivity index (χ3n) is 3.21. The van der Waals surface area contributed by atoms with Crippen molar-refractivity contribution in [1.29, 1.82) is 0 Å². The molecule has 0 aliphatic carbocycles. The second kappa shape index (κ2) is 4.87. The first-order chi connectivity index (χ1) is 8.42. The summed E-state index contributed by atoms with van der Waals surface area (Å²) in [4.78, 5) is 11.0. The van der Waals surface area contributed by atoms with Crippen LogP contribution in [0.1, 0.15) is 19.3 Å². The van der Waals surface area contributed by atoms with E-state index in [1.165, 1.54) is 12.8 Å². The number of nitrogens with zero attached hydrogens (tertiary/aromatic N) is 3. The SMILES string of the molecule is c1ncc(N2CCCC2)nc1OC1CCOC1. The maximum Gasteiger partial charge on any atom is 0.234 e. The van der Waals surface area contributed by atoms with Crippen molar-refractivity contribution in [2.45, 2.75) is 25.4 Å². The van der Waals surface area contributed by atoms with Gasteiger partial charge in [0.05, 0.1) is 25.6 Å². The zero-order valence-corrected chi connectivity index (χ0v) is 9.84. The Balaban J connectivity index is 1.69. The van der Waals surface area contributed by atoms with E-state index in [1.807, 2.05) is 6.20 Å². The van der Waals surface area contributed by atoms with Crippen LogP contribution in [0.15, 0.2) is 12.4 Å². The molecule has 5 nitrogen and oxygen atoms in total. The number of rotatable bonds is 3. The van der Waals surface area contributed by atoms with Crippen LogP contribution in [0.2, 0.25) is 0 Å². The molecule has 2 fully saturated rings. The molecule has 0 spiro atoms. The summed E-state index contributed by atoms with van der Waals surface area (Å²) >= 11 is 0. The molecule has 2 aliphatic rings. The molecule has 92 valence electrons. The van der Waals surface area contributed by atoms with Gasteiger partial charge in [0, 0.05) is 19.5 Å². The third-order valence-corrected chi connectivity index (χ3v) is 3.21. The predicted molar refractivity (Wildman–Crippen MR) is 63.3 cm³/mol. The highest BCUT2D eigenvalue weighted by atomic mass is 16.5. The molecule has 3 heterocycles. The molecule has 2 aliphatic heterocycles. The summed E-state index contributed by atoms with van der Waals surface area (Å²) in [5, 5.41) is 0. The van der Waals surface area contributed by atoms with Crippen LogP contribution in [0.3, 0.4) is 0 Å². The molecule has 17 heavy (non-hydrogen) atoms. The van der Waals surface area contributed by atoms with Crippen molar-refractivity contribution in [2.24, 2.45) is 0 Å². The Morgan fingerprint density at radius 2 is 2.18 bits per heavy atom. The van der Waals surface area contributed by atoms with Gasteiger partial charge in [0.25, 0.3) is 0 Å². The Bertz CT molecular complexity index is 374. The maximum atomic E-state index is 5.75. The predicted octanol–water partition coefficient (Wildman–Crippen LogP) is 1.24. The summed E-state index contributed by atoms with van der Waals surface area (Å²) < 4.78 is 11.0. The Kier molecular flexibility index (Phi) is 3.09. The number of hydrogen-bond acceptors (Lipinski definition) is 5. The van der Waals surface area contributed by atoms with E-state index in [2.05, 4.69) is 14.9 Å². The van der Waals surface area contributed by atoms with Gasteiger partial charge in [-0.25, -0.2) is 0 Å². The molecule has 0 saturated carbocycles. The first-order valence-corrected chi connectivity index (χ1v) is 6.23. The largest absolute Gasteiger partial charge is 0.471 e. The summed E-state index contributed by atoms with van der Waals surface area (Å²) in [6.07, 6.45) is 7.04. The van der Waals surface area contributed by atoms with Crippen LogP contribution >= 0.6 is 0 Å². The van der Waals surface area contributed by atoms with Crippen molar-refractivity contribution < 1.29 is 9.47 Å². The standard InChI is InChI=1S/C12H17N3O2/c1-2-5-15(4-1)11-7-13-8-12(14-11)17-10-3-6-16-9-10/h7-8,10H,1-6,9H2. The van der Waals surface area contributed by atoms with Gasteiger partial charge in [0.15, 0.2) is 5.82 Å². The minimum Gasteiger partial charge on any atom is -0.471 e. The number of aromatic nitrogens is 2. The van der Waals surface area contributed by atoms with Crippen LogP contribution in [-0.4, -0.2) is 42.4 Å². The van der Waals surface area contributed by atoms with Crippen LogP contribution in [0.5, 0.6) is 5.88 Å². The van der Waals surface area contributed by atoms with E-state index in [-0.39, 0.29) is 6.10 Å². The monoisotopic (exact) mass is 235 g/mol. The highest BCUT2D eigenvalue weighted by Gasteiger charge is 2.19. The highest BCUT2D eigenvalue weighted by molar-refractivity contribution is 5.38. The Labute approximate surface area is 101 Å². The van der Waals surface area contributed by atoms with E-state index in [1.54, 1.807) is 6.20 Å². The second-order valence-electron chi connectivity index (χ2n) is 4.51. The minimum absolute atomic E-state index is 0.137. The molecule has 1 aromatic heterocycles. The zero-order valence-electron chi connectivity index (χ0n) is 9.84. The van der Waals surface area contributed by atoms with Crippen molar-refractivity contribution in [3.8, 4) is 5.88 Å². The van der Waals surface area contributed by atoms with E-state index < -0.39 is 0 Å². The van der Waals surface area contributed by atoms with Gasteiger partial charge in [0.1, 0.15) is 6.10 Å². The second-order valence-corrected chi connectivity index (χ2v) is 4.51. The van der Waals surface area contributed by atoms with Gasteiger partial charge < -0.3 is 14.4 Å². The van der Waals surface area contributed by atoms with Gasteiger partial charge in [-0.3, -0.25) is 4.98 Å². The smallest absolute Gasteiger partial charge is 0.234 e. The first-order valence-electron chi connectivity index (χ1n) is 6.23. The fourth-order valence-electron chi connectivity index (χ4n) is 2.27. The van der Waals surface area contributed by atoms with E-state index in [4.69, 9.17) is 9.47 Å². The summed E-state index contributed by atoms with van der Waals surface area (Å²) in [6.45, 7) is 3.59. The number of anilines is 1. The molecule has 1 aromatic rings. The minimum atomic E-state index is 0.137. The molecule has 0 aromatic carbocycles. The molecule has 2 saturated heterocycles. The quantitative estimate of drug-likeness (QED) is 0.789. The lowest BCUT2D eigenvalue weighted by Crippen LogP contribution is -2.21. The first kappa shape index (κ1) is 10.8. The molecular formula is C12H17N3O2. The lowest BCUT2D eigenvalue weighted by Gasteiger charge is -2.17. The van der Waals surface area contributed by atoms with E-state index in [0.717, 1.165) is 31.9 Å². The topological polar surface area (TPSA) is 47.5 Å². The molecular weight excluding hydrogens is 218 g/mol. The van der Waals surface area contributed by atoms with Crippen molar-refractivity contribution in [3.63, 3.8) is 0 Å². The molecule has 0 radical (unpaired) electrons. The highest BCUT2D eigenvalue weighted by Crippen LogP contribution is 2.20. The Morgan fingerprint density at radius 1 is 1.29 bits per heavy atom. The molecule has 1 unspecified atom stereocenters. The molecule has 0 bridgehead atoms. The fourth-order valence-corrected chi connectivity index (χ4v) is 2.27. The van der Waals surface area contributed by atoms with Gasteiger partial charge in [-0.2, -0.15) is 4.98 Å². The zero-order chi connectivity index (χ0) is 11.5.